The molecule has 0 spiro atoms. The third-order valence-corrected chi connectivity index (χ3v) is 4.46. The molecular weight excluding hydrogens is 401 g/mol. The van der Waals surface area contributed by atoms with Gasteiger partial charge < -0.3 is 5.32 Å². The normalized spacial score (nSPS) is 20.7. The van der Waals surface area contributed by atoms with Crippen molar-refractivity contribution >= 4 is 27.9 Å². The Labute approximate surface area is 149 Å². The van der Waals surface area contributed by atoms with Crippen molar-refractivity contribution in [3.8, 4) is 0 Å². The number of carbonyl (C=O) groups excluding carboxylic acids is 2. The Kier molecular flexibility index (Phi) is 4.32. The number of nitrogens with one attached hydrogen (secondary N) is 1. The van der Waals surface area contributed by atoms with Crippen LogP contribution in [0, 0.1) is 0 Å². The van der Waals surface area contributed by atoms with E-state index in [0.717, 1.165) is 0 Å². The molecule has 25 heavy (non-hydrogen) atoms. The third-order valence-electron chi connectivity index (χ3n) is 3.97. The van der Waals surface area contributed by atoms with Gasteiger partial charge in [0.05, 0.1) is 6.54 Å². The minimum Gasteiger partial charge on any atom is -0.312 e. The summed E-state index contributed by atoms with van der Waals surface area (Å²) < 4.78 is 42.2. The van der Waals surface area contributed by atoms with Crippen molar-refractivity contribution in [1.29, 1.82) is 0 Å². The fraction of sp³-hybridized carbons (Fsp3) is 0.176. The zero-order chi connectivity index (χ0) is 18.2. The highest BCUT2D eigenvalue weighted by Gasteiger charge is 2.68. The molecule has 3 amide bonds. The molecule has 0 unspecified atom stereocenters. The first-order valence-corrected chi connectivity index (χ1v) is 8.06. The van der Waals surface area contributed by atoms with Gasteiger partial charge in [-0.1, -0.05) is 58.4 Å². The third kappa shape index (κ3) is 2.90. The second kappa shape index (κ2) is 6.18. The smallest absolute Gasteiger partial charge is 0.312 e. The van der Waals surface area contributed by atoms with Crippen LogP contribution in [0.3, 0.4) is 0 Å². The van der Waals surface area contributed by atoms with E-state index in [1.165, 1.54) is 30.3 Å². The second-order valence-corrected chi connectivity index (χ2v) is 6.48. The molecule has 1 heterocycles. The molecule has 1 N–H and O–H groups in total. The maximum atomic E-state index is 13.8. The van der Waals surface area contributed by atoms with Crippen molar-refractivity contribution < 1.29 is 22.8 Å². The minimum absolute atomic E-state index is 0.255. The van der Waals surface area contributed by atoms with Gasteiger partial charge in [0.1, 0.15) is 0 Å². The predicted octanol–water partition coefficient (Wildman–Crippen LogP) is 3.96. The van der Waals surface area contributed by atoms with Crippen LogP contribution in [-0.2, 0) is 16.9 Å². The van der Waals surface area contributed by atoms with Gasteiger partial charge in [0.15, 0.2) is 0 Å². The summed E-state index contributed by atoms with van der Waals surface area (Å²) in [7, 11) is 0. The van der Waals surface area contributed by atoms with Crippen LogP contribution in [0.2, 0.25) is 0 Å². The number of halogens is 4. The van der Waals surface area contributed by atoms with Crippen LogP contribution in [0.25, 0.3) is 0 Å². The monoisotopic (exact) mass is 412 g/mol. The fourth-order valence-electron chi connectivity index (χ4n) is 2.78. The molecule has 1 fully saturated rings. The standard InChI is InChI=1S/C17H12BrF3N2O2/c18-13-8-4-5-11(9-13)10-23-14(24)16(17(19,20)21,22-15(23)25)12-6-2-1-3-7-12/h1-9H,10H2,(H,22,25)/t16-/m0/s1. The number of alkyl halides is 3. The maximum Gasteiger partial charge on any atom is 0.425 e. The molecule has 0 aliphatic carbocycles. The highest BCUT2D eigenvalue weighted by atomic mass is 79.9. The molecule has 4 nitrogen and oxygen atoms in total. The SMILES string of the molecule is O=C1N[C@](c2ccccc2)(C(F)(F)F)C(=O)N1Cc1cccc(Br)c1. The molecule has 0 radical (unpaired) electrons. The molecule has 1 aliphatic heterocycles. The Morgan fingerprint density at radius 2 is 1.72 bits per heavy atom. The molecule has 0 bridgehead atoms. The van der Waals surface area contributed by atoms with Crippen LogP contribution in [0.5, 0.6) is 0 Å². The first-order chi connectivity index (χ1) is 11.8. The molecule has 2 aromatic carbocycles. The van der Waals surface area contributed by atoms with E-state index in [4.69, 9.17) is 0 Å². The number of hydrogen-bond acceptors (Lipinski definition) is 2. The zero-order valence-electron chi connectivity index (χ0n) is 12.7. The van der Waals surface area contributed by atoms with E-state index in [-0.39, 0.29) is 12.1 Å². The number of urea groups is 1. The number of amides is 3. The van der Waals surface area contributed by atoms with Gasteiger partial charge in [-0.15, -0.1) is 0 Å². The van der Waals surface area contributed by atoms with Gasteiger partial charge in [-0.05, 0) is 23.3 Å². The first-order valence-electron chi connectivity index (χ1n) is 7.26. The molecule has 1 atom stereocenters. The van der Waals surface area contributed by atoms with Crippen LogP contribution in [0.1, 0.15) is 11.1 Å². The Balaban J connectivity index is 2.03. The van der Waals surface area contributed by atoms with Crippen molar-refractivity contribution in [2.24, 2.45) is 0 Å². The molecule has 3 rings (SSSR count). The maximum absolute atomic E-state index is 13.8. The lowest BCUT2D eigenvalue weighted by atomic mass is 9.89. The van der Waals surface area contributed by atoms with Crippen molar-refractivity contribution in [1.82, 2.24) is 10.2 Å². The van der Waals surface area contributed by atoms with E-state index in [0.29, 0.717) is 14.9 Å². The highest BCUT2D eigenvalue weighted by molar-refractivity contribution is 9.10. The Bertz CT molecular complexity index is 826. The predicted molar refractivity (Wildman–Crippen MR) is 87.4 cm³/mol. The van der Waals surface area contributed by atoms with Gasteiger partial charge in [0.25, 0.3) is 5.91 Å². The molecule has 1 saturated heterocycles. The van der Waals surface area contributed by atoms with E-state index in [2.05, 4.69) is 15.9 Å². The lowest BCUT2D eigenvalue weighted by Crippen LogP contribution is -2.55. The number of hydrogen-bond donors (Lipinski definition) is 1. The molecule has 2 aromatic rings. The van der Waals surface area contributed by atoms with E-state index in [9.17, 15) is 22.8 Å². The lowest BCUT2D eigenvalue weighted by Gasteiger charge is -2.29. The van der Waals surface area contributed by atoms with Crippen molar-refractivity contribution in [3.05, 3.63) is 70.2 Å². The van der Waals surface area contributed by atoms with Gasteiger partial charge in [-0.25, -0.2) is 4.79 Å². The molecule has 8 heteroatoms. The Morgan fingerprint density at radius 1 is 1.04 bits per heavy atom. The second-order valence-electron chi connectivity index (χ2n) is 5.57. The number of benzene rings is 2. The molecular formula is C17H12BrF3N2O2. The number of imide groups is 1. The molecule has 0 saturated carbocycles. The summed E-state index contributed by atoms with van der Waals surface area (Å²) in [5.41, 5.74) is -2.86. The molecule has 1 aliphatic rings. The summed E-state index contributed by atoms with van der Waals surface area (Å²) in [5, 5.41) is 1.86. The van der Waals surface area contributed by atoms with Gasteiger partial charge in [-0.3, -0.25) is 9.69 Å². The van der Waals surface area contributed by atoms with Crippen LogP contribution in [-0.4, -0.2) is 23.0 Å². The van der Waals surface area contributed by atoms with Gasteiger partial charge in [-0.2, -0.15) is 13.2 Å². The number of nitrogens with zero attached hydrogens (tertiary/aromatic N) is 1. The summed E-state index contributed by atoms with van der Waals surface area (Å²) in [6.07, 6.45) is -4.98. The highest BCUT2D eigenvalue weighted by Crippen LogP contribution is 2.43. The average molecular weight is 413 g/mol. The fourth-order valence-corrected chi connectivity index (χ4v) is 3.22. The largest absolute Gasteiger partial charge is 0.425 e. The van der Waals surface area contributed by atoms with Gasteiger partial charge >= 0.3 is 12.2 Å². The van der Waals surface area contributed by atoms with Crippen LogP contribution in [0.15, 0.2) is 59.1 Å². The number of carbonyl (C=O) groups is 2. The Morgan fingerprint density at radius 3 is 2.32 bits per heavy atom. The summed E-state index contributed by atoms with van der Waals surface area (Å²) in [5.74, 6) is -1.34. The van der Waals surface area contributed by atoms with Crippen LogP contribution >= 0.6 is 15.9 Å². The lowest BCUT2D eigenvalue weighted by molar-refractivity contribution is -0.198. The number of rotatable bonds is 3. The van der Waals surface area contributed by atoms with Gasteiger partial charge in [0, 0.05) is 4.47 Å². The van der Waals surface area contributed by atoms with Crippen LogP contribution < -0.4 is 5.32 Å². The Hall–Kier alpha value is -2.35. The van der Waals surface area contributed by atoms with Crippen molar-refractivity contribution in [2.75, 3.05) is 0 Å². The van der Waals surface area contributed by atoms with Crippen LogP contribution in [0.4, 0.5) is 18.0 Å². The first kappa shape index (κ1) is 17.5. The minimum atomic E-state index is -4.98. The molecule has 0 aromatic heterocycles. The van der Waals surface area contributed by atoms with E-state index < -0.39 is 23.7 Å². The van der Waals surface area contributed by atoms with E-state index >= 15 is 0 Å². The average Bonchev–Trinajstić information content (AvgIpc) is 2.81. The quantitative estimate of drug-likeness (QED) is 0.775. The van der Waals surface area contributed by atoms with E-state index in [1.54, 1.807) is 24.3 Å². The van der Waals surface area contributed by atoms with E-state index in [1.807, 2.05) is 5.32 Å². The summed E-state index contributed by atoms with van der Waals surface area (Å²) in [4.78, 5) is 25.5. The molecule has 130 valence electrons. The van der Waals surface area contributed by atoms with Crippen molar-refractivity contribution in [2.45, 2.75) is 18.3 Å². The zero-order valence-corrected chi connectivity index (χ0v) is 14.3. The summed E-state index contributed by atoms with van der Waals surface area (Å²) in [6.45, 7) is -0.255. The van der Waals surface area contributed by atoms with Gasteiger partial charge in [0.2, 0.25) is 5.54 Å². The van der Waals surface area contributed by atoms with Crippen molar-refractivity contribution in [3.63, 3.8) is 0 Å². The summed E-state index contributed by atoms with van der Waals surface area (Å²) in [6, 6.07) is 12.3. The topological polar surface area (TPSA) is 49.4 Å². The summed E-state index contributed by atoms with van der Waals surface area (Å²) >= 11 is 3.25.